The Morgan fingerprint density at radius 2 is 1.90 bits per heavy atom. The SMILES string of the molecule is C/C(=N\[S@](=O)C(C)(C)C)c1ccc2cnc(C)cc2c1. The van der Waals surface area contributed by atoms with E-state index in [2.05, 4.69) is 15.4 Å². The lowest BCUT2D eigenvalue weighted by molar-refractivity contribution is 0.650. The lowest BCUT2D eigenvalue weighted by Gasteiger charge is -2.14. The van der Waals surface area contributed by atoms with Gasteiger partial charge in [0.1, 0.15) is 11.0 Å². The smallest absolute Gasteiger partial charge is 0.145 e. The van der Waals surface area contributed by atoms with E-state index in [9.17, 15) is 4.21 Å². The lowest BCUT2D eigenvalue weighted by Crippen LogP contribution is -2.20. The second kappa shape index (κ2) is 5.44. The molecular weight excluding hydrogens is 268 g/mol. The molecule has 1 aromatic carbocycles. The highest BCUT2D eigenvalue weighted by molar-refractivity contribution is 7.85. The molecule has 0 aliphatic heterocycles. The van der Waals surface area contributed by atoms with Crippen LogP contribution in [-0.4, -0.2) is 19.7 Å². The van der Waals surface area contributed by atoms with Crippen LogP contribution in [0.5, 0.6) is 0 Å². The molecule has 0 radical (unpaired) electrons. The molecule has 0 aliphatic rings. The van der Waals surface area contributed by atoms with Gasteiger partial charge in [0.2, 0.25) is 0 Å². The Morgan fingerprint density at radius 3 is 2.55 bits per heavy atom. The third-order valence-electron chi connectivity index (χ3n) is 3.02. The van der Waals surface area contributed by atoms with Crippen LogP contribution in [0.3, 0.4) is 0 Å². The van der Waals surface area contributed by atoms with Crippen LogP contribution in [0.2, 0.25) is 0 Å². The summed E-state index contributed by atoms with van der Waals surface area (Å²) < 4.78 is 16.1. The predicted octanol–water partition coefficient (Wildman–Crippen LogP) is 3.81. The van der Waals surface area contributed by atoms with Gasteiger partial charge >= 0.3 is 0 Å². The standard InChI is InChI=1S/C16H20N2OS/c1-11-8-15-9-13(6-7-14(15)10-17-11)12(2)18-20(19)16(3,4)5/h6-10H,1-5H3/b18-12+/t20-/m1/s1. The van der Waals surface area contributed by atoms with E-state index >= 15 is 0 Å². The van der Waals surface area contributed by atoms with Crippen LogP contribution < -0.4 is 0 Å². The first kappa shape index (κ1) is 14.9. The summed E-state index contributed by atoms with van der Waals surface area (Å²) >= 11 is 0. The molecule has 0 N–H and O–H groups in total. The summed E-state index contributed by atoms with van der Waals surface area (Å²) in [6.45, 7) is 9.65. The fourth-order valence-corrected chi connectivity index (χ4v) is 2.42. The maximum atomic E-state index is 12.1. The van der Waals surface area contributed by atoms with Crippen molar-refractivity contribution in [2.75, 3.05) is 0 Å². The number of nitrogens with zero attached hydrogens (tertiary/aromatic N) is 2. The van der Waals surface area contributed by atoms with E-state index < -0.39 is 11.0 Å². The monoisotopic (exact) mass is 288 g/mol. The summed E-state index contributed by atoms with van der Waals surface area (Å²) in [6, 6.07) is 8.14. The van der Waals surface area contributed by atoms with E-state index in [1.807, 2.05) is 59.0 Å². The molecule has 3 nitrogen and oxygen atoms in total. The summed E-state index contributed by atoms with van der Waals surface area (Å²) in [6.07, 6.45) is 1.87. The zero-order valence-corrected chi connectivity index (χ0v) is 13.4. The highest BCUT2D eigenvalue weighted by Crippen LogP contribution is 2.18. The van der Waals surface area contributed by atoms with Crippen LogP contribution in [0, 0.1) is 6.92 Å². The van der Waals surface area contributed by atoms with E-state index in [1.54, 1.807) is 0 Å². The quantitative estimate of drug-likeness (QED) is 0.788. The maximum absolute atomic E-state index is 12.1. The molecule has 20 heavy (non-hydrogen) atoms. The maximum Gasteiger partial charge on any atom is 0.145 e. The van der Waals surface area contributed by atoms with E-state index in [0.29, 0.717) is 0 Å². The minimum absolute atomic E-state index is 0.335. The Hall–Kier alpha value is -1.55. The van der Waals surface area contributed by atoms with Gasteiger partial charge in [0.15, 0.2) is 0 Å². The first-order chi connectivity index (χ1) is 9.27. The summed E-state index contributed by atoms with van der Waals surface area (Å²) in [5, 5.41) is 2.23. The van der Waals surface area contributed by atoms with Crippen molar-refractivity contribution in [3.63, 3.8) is 0 Å². The van der Waals surface area contributed by atoms with Gasteiger partial charge in [0, 0.05) is 17.3 Å². The molecule has 1 aromatic heterocycles. The molecule has 0 spiro atoms. The minimum Gasteiger partial charge on any atom is -0.261 e. The number of pyridine rings is 1. The molecular formula is C16H20N2OS. The Bertz CT molecular complexity index is 699. The summed E-state index contributed by atoms with van der Waals surface area (Å²) in [5.74, 6) is 0. The molecule has 0 saturated carbocycles. The van der Waals surface area contributed by atoms with Crippen LogP contribution in [0.4, 0.5) is 0 Å². The van der Waals surface area contributed by atoms with E-state index in [4.69, 9.17) is 0 Å². The van der Waals surface area contributed by atoms with Gasteiger partial charge < -0.3 is 0 Å². The van der Waals surface area contributed by atoms with Crippen LogP contribution in [0.1, 0.15) is 39.0 Å². The van der Waals surface area contributed by atoms with Crippen molar-refractivity contribution in [1.29, 1.82) is 0 Å². The second-order valence-electron chi connectivity index (χ2n) is 5.93. The van der Waals surface area contributed by atoms with Gasteiger partial charge in [0.05, 0.1) is 10.5 Å². The van der Waals surface area contributed by atoms with Gasteiger partial charge in [-0.3, -0.25) is 4.98 Å². The van der Waals surface area contributed by atoms with E-state index in [1.165, 1.54) is 0 Å². The lowest BCUT2D eigenvalue weighted by atomic mass is 10.1. The molecule has 4 heteroatoms. The molecule has 1 atom stereocenters. The van der Waals surface area contributed by atoms with Crippen molar-refractivity contribution < 1.29 is 4.21 Å². The third kappa shape index (κ3) is 3.31. The molecule has 2 aromatic rings. The largest absolute Gasteiger partial charge is 0.261 e. The van der Waals surface area contributed by atoms with Crippen molar-refractivity contribution in [3.8, 4) is 0 Å². The number of rotatable bonds is 2. The number of fused-ring (bicyclic) bond motifs is 1. The number of hydrogen-bond acceptors (Lipinski definition) is 2. The van der Waals surface area contributed by atoms with Gasteiger partial charge in [-0.1, -0.05) is 12.1 Å². The average molecular weight is 288 g/mol. The zero-order valence-electron chi connectivity index (χ0n) is 12.6. The number of benzene rings is 1. The molecule has 0 amide bonds. The topological polar surface area (TPSA) is 42.3 Å². The molecule has 2 rings (SSSR count). The van der Waals surface area contributed by atoms with Gasteiger partial charge in [-0.05, 0) is 57.7 Å². The summed E-state index contributed by atoms with van der Waals surface area (Å²) in [7, 11) is -1.23. The van der Waals surface area contributed by atoms with Crippen LogP contribution in [0.25, 0.3) is 10.8 Å². The van der Waals surface area contributed by atoms with Crippen molar-refractivity contribution in [2.45, 2.75) is 39.4 Å². The van der Waals surface area contributed by atoms with Crippen molar-refractivity contribution >= 4 is 27.5 Å². The first-order valence-corrected chi connectivity index (χ1v) is 7.72. The summed E-state index contributed by atoms with van der Waals surface area (Å²) in [5.41, 5.74) is 2.79. The second-order valence-corrected chi connectivity index (χ2v) is 7.83. The molecule has 0 unspecified atom stereocenters. The number of aryl methyl sites for hydroxylation is 1. The van der Waals surface area contributed by atoms with E-state index in [0.717, 1.165) is 27.7 Å². The van der Waals surface area contributed by atoms with Crippen molar-refractivity contribution in [2.24, 2.45) is 4.40 Å². The number of aromatic nitrogens is 1. The van der Waals surface area contributed by atoms with Crippen LogP contribution in [-0.2, 0) is 11.0 Å². The molecule has 0 bridgehead atoms. The fourth-order valence-electron chi connectivity index (χ4n) is 1.79. The minimum atomic E-state index is -1.23. The number of hydrogen-bond donors (Lipinski definition) is 0. The van der Waals surface area contributed by atoms with Gasteiger partial charge in [-0.2, -0.15) is 4.40 Å². The zero-order chi connectivity index (χ0) is 14.9. The van der Waals surface area contributed by atoms with Gasteiger partial charge in [-0.25, -0.2) is 4.21 Å². The fraction of sp³-hybridized carbons (Fsp3) is 0.375. The van der Waals surface area contributed by atoms with Gasteiger partial charge in [-0.15, -0.1) is 0 Å². The highest BCUT2D eigenvalue weighted by Gasteiger charge is 2.19. The average Bonchev–Trinajstić information content (AvgIpc) is 2.36. The highest BCUT2D eigenvalue weighted by atomic mass is 32.2. The van der Waals surface area contributed by atoms with Gasteiger partial charge in [0.25, 0.3) is 0 Å². The summed E-state index contributed by atoms with van der Waals surface area (Å²) in [4.78, 5) is 4.28. The van der Waals surface area contributed by atoms with Crippen LogP contribution >= 0.6 is 0 Å². The Labute approximate surface area is 122 Å². The molecule has 0 aliphatic carbocycles. The van der Waals surface area contributed by atoms with E-state index in [-0.39, 0.29) is 4.75 Å². The third-order valence-corrected chi connectivity index (χ3v) is 4.51. The Kier molecular flexibility index (Phi) is 4.04. The van der Waals surface area contributed by atoms with Crippen LogP contribution in [0.15, 0.2) is 34.9 Å². The Morgan fingerprint density at radius 1 is 1.20 bits per heavy atom. The normalized spacial score (nSPS) is 14.6. The molecule has 0 saturated heterocycles. The molecule has 0 fully saturated rings. The molecule has 1 heterocycles. The first-order valence-electron chi connectivity index (χ1n) is 6.61. The molecule has 106 valence electrons. The Balaban J connectivity index is 2.42. The van der Waals surface area contributed by atoms with Crippen molar-refractivity contribution in [3.05, 3.63) is 41.7 Å². The van der Waals surface area contributed by atoms with Crippen molar-refractivity contribution in [1.82, 2.24) is 4.98 Å². The predicted molar refractivity (Wildman–Crippen MR) is 86.6 cm³/mol.